The van der Waals surface area contributed by atoms with E-state index in [9.17, 15) is 4.79 Å². The highest BCUT2D eigenvalue weighted by Gasteiger charge is 2.22. The van der Waals surface area contributed by atoms with E-state index in [1.807, 2.05) is 28.1 Å². The van der Waals surface area contributed by atoms with Crippen LogP contribution in [-0.2, 0) is 11.8 Å². The van der Waals surface area contributed by atoms with Gasteiger partial charge >= 0.3 is 0 Å². The number of rotatable bonds is 7. The summed E-state index contributed by atoms with van der Waals surface area (Å²) in [5.41, 5.74) is 6.77. The van der Waals surface area contributed by atoms with Crippen LogP contribution in [0.5, 0.6) is 0 Å². The van der Waals surface area contributed by atoms with E-state index >= 15 is 0 Å². The molecular formula is C13H25N5O. The van der Waals surface area contributed by atoms with E-state index in [0.29, 0.717) is 6.54 Å². The third-order valence-corrected chi connectivity index (χ3v) is 3.08. The highest BCUT2D eigenvalue weighted by Crippen LogP contribution is 2.12. The van der Waals surface area contributed by atoms with Gasteiger partial charge in [-0.15, -0.1) is 0 Å². The molecule has 1 rings (SSSR count). The molecule has 0 aliphatic carbocycles. The summed E-state index contributed by atoms with van der Waals surface area (Å²) < 4.78 is 1.66. The summed E-state index contributed by atoms with van der Waals surface area (Å²) in [6, 6.07) is -0.618. The second kappa shape index (κ2) is 7.25. The van der Waals surface area contributed by atoms with Crippen molar-refractivity contribution in [3.8, 4) is 0 Å². The quantitative estimate of drug-likeness (QED) is 0.767. The van der Waals surface area contributed by atoms with Crippen molar-refractivity contribution in [2.75, 3.05) is 33.7 Å². The predicted molar refractivity (Wildman–Crippen MR) is 75.6 cm³/mol. The van der Waals surface area contributed by atoms with Gasteiger partial charge in [0.25, 0.3) is 0 Å². The van der Waals surface area contributed by atoms with Crippen molar-refractivity contribution >= 4 is 5.91 Å². The van der Waals surface area contributed by atoms with Gasteiger partial charge in [-0.1, -0.05) is 0 Å². The Labute approximate surface area is 115 Å². The molecule has 1 amide bonds. The first-order valence-electron chi connectivity index (χ1n) is 6.63. The molecule has 1 aromatic heterocycles. The molecule has 0 saturated carbocycles. The fraction of sp³-hybridized carbons (Fsp3) is 0.692. The third kappa shape index (κ3) is 4.65. The molecule has 1 aromatic rings. The molecule has 0 aliphatic rings. The number of likely N-dealkylation sites (N-methyl/N-ethyl adjacent to an activating group) is 1. The van der Waals surface area contributed by atoms with Crippen LogP contribution < -0.4 is 5.73 Å². The van der Waals surface area contributed by atoms with Crippen LogP contribution in [0.2, 0.25) is 0 Å². The summed E-state index contributed by atoms with van der Waals surface area (Å²) >= 11 is 0. The summed E-state index contributed by atoms with van der Waals surface area (Å²) in [4.78, 5) is 16.2. The summed E-state index contributed by atoms with van der Waals surface area (Å²) in [5, 5.41) is 4.05. The number of nitrogens with zero attached hydrogens (tertiary/aromatic N) is 4. The van der Waals surface area contributed by atoms with Crippen molar-refractivity contribution in [1.82, 2.24) is 19.6 Å². The highest BCUT2D eigenvalue weighted by molar-refractivity contribution is 5.82. The van der Waals surface area contributed by atoms with Crippen LogP contribution in [0.25, 0.3) is 0 Å². The average molecular weight is 267 g/mol. The predicted octanol–water partition coefficient (Wildman–Crippen LogP) is 0.220. The molecule has 0 spiro atoms. The lowest BCUT2D eigenvalue weighted by atomic mass is 10.1. The minimum atomic E-state index is -0.618. The van der Waals surface area contributed by atoms with Gasteiger partial charge < -0.3 is 15.5 Å². The Morgan fingerprint density at radius 2 is 2.16 bits per heavy atom. The molecule has 6 nitrogen and oxygen atoms in total. The lowest BCUT2D eigenvalue weighted by molar-refractivity contribution is -0.132. The van der Waals surface area contributed by atoms with Gasteiger partial charge in [-0.05, 0) is 34.0 Å². The highest BCUT2D eigenvalue weighted by atomic mass is 16.2. The van der Waals surface area contributed by atoms with Crippen LogP contribution in [0.1, 0.15) is 24.9 Å². The first-order valence-corrected chi connectivity index (χ1v) is 6.63. The molecule has 2 N–H and O–H groups in total. The molecule has 19 heavy (non-hydrogen) atoms. The Kier molecular flexibility index (Phi) is 5.98. The zero-order chi connectivity index (χ0) is 14.4. The number of hydrogen-bond donors (Lipinski definition) is 1. The van der Waals surface area contributed by atoms with E-state index in [1.165, 1.54) is 0 Å². The molecule has 6 heteroatoms. The van der Waals surface area contributed by atoms with Crippen molar-refractivity contribution < 1.29 is 4.79 Å². The summed E-state index contributed by atoms with van der Waals surface area (Å²) in [5.74, 6) is -0.0331. The number of amides is 1. The molecule has 0 aliphatic heterocycles. The van der Waals surface area contributed by atoms with Gasteiger partial charge in [0.05, 0.1) is 6.20 Å². The summed E-state index contributed by atoms with van der Waals surface area (Å²) in [7, 11) is 5.87. The molecule has 0 bridgehead atoms. The first-order chi connectivity index (χ1) is 8.95. The van der Waals surface area contributed by atoms with Gasteiger partial charge in [-0.2, -0.15) is 5.10 Å². The molecular weight excluding hydrogens is 242 g/mol. The minimum Gasteiger partial charge on any atom is -0.341 e. The van der Waals surface area contributed by atoms with Crippen molar-refractivity contribution in [3.63, 3.8) is 0 Å². The first kappa shape index (κ1) is 15.7. The molecule has 0 saturated heterocycles. The second-order valence-corrected chi connectivity index (χ2v) is 5.00. The van der Waals surface area contributed by atoms with Gasteiger partial charge in [0.2, 0.25) is 5.91 Å². The number of carbonyl (C=O) groups is 1. The third-order valence-electron chi connectivity index (χ3n) is 3.08. The van der Waals surface area contributed by atoms with Crippen LogP contribution in [-0.4, -0.2) is 59.2 Å². The smallest absolute Gasteiger partial charge is 0.244 e. The van der Waals surface area contributed by atoms with Crippen LogP contribution in [0.3, 0.4) is 0 Å². The Balaban J connectivity index is 2.57. The lowest BCUT2D eigenvalue weighted by Crippen LogP contribution is -2.39. The zero-order valence-corrected chi connectivity index (χ0v) is 12.3. The molecule has 108 valence electrons. The molecule has 1 unspecified atom stereocenters. The number of aromatic nitrogens is 2. The normalized spacial score (nSPS) is 12.7. The average Bonchev–Trinajstić information content (AvgIpc) is 2.79. The molecule has 0 fully saturated rings. The van der Waals surface area contributed by atoms with E-state index in [0.717, 1.165) is 25.1 Å². The Morgan fingerprint density at radius 3 is 2.63 bits per heavy atom. The van der Waals surface area contributed by atoms with Crippen LogP contribution in [0.15, 0.2) is 12.4 Å². The van der Waals surface area contributed by atoms with E-state index in [1.54, 1.807) is 22.0 Å². The Bertz CT molecular complexity index is 401. The van der Waals surface area contributed by atoms with E-state index in [-0.39, 0.29) is 5.91 Å². The number of carbonyl (C=O) groups excluding carboxylic acids is 1. The van der Waals surface area contributed by atoms with Gasteiger partial charge in [-0.3, -0.25) is 9.48 Å². The van der Waals surface area contributed by atoms with Gasteiger partial charge in [0, 0.05) is 31.9 Å². The van der Waals surface area contributed by atoms with Gasteiger partial charge in [0.15, 0.2) is 0 Å². The van der Waals surface area contributed by atoms with Gasteiger partial charge in [0.1, 0.15) is 6.04 Å². The maximum atomic E-state index is 12.3. The second-order valence-electron chi connectivity index (χ2n) is 5.00. The Morgan fingerprint density at radius 1 is 1.47 bits per heavy atom. The van der Waals surface area contributed by atoms with Gasteiger partial charge in [-0.25, -0.2) is 0 Å². The monoisotopic (exact) mass is 267 g/mol. The number of aryl methyl sites for hydroxylation is 1. The summed E-state index contributed by atoms with van der Waals surface area (Å²) in [6.45, 7) is 4.36. The topological polar surface area (TPSA) is 67.4 Å². The van der Waals surface area contributed by atoms with Crippen LogP contribution in [0, 0.1) is 0 Å². The Hall–Kier alpha value is -1.40. The number of hydrogen-bond acceptors (Lipinski definition) is 4. The maximum Gasteiger partial charge on any atom is 0.244 e. The fourth-order valence-electron chi connectivity index (χ4n) is 1.94. The standard InChI is InChI=1S/C13H25N5O/c1-5-18(8-6-7-16(2)3)13(19)12(14)11-9-15-17(4)10-11/h9-10,12H,5-8,14H2,1-4H3. The van der Waals surface area contributed by atoms with Crippen LogP contribution in [0.4, 0.5) is 0 Å². The summed E-state index contributed by atoms with van der Waals surface area (Å²) in [6.07, 6.45) is 4.39. The largest absolute Gasteiger partial charge is 0.341 e. The van der Waals surface area contributed by atoms with E-state index in [2.05, 4.69) is 10.00 Å². The molecule has 1 atom stereocenters. The van der Waals surface area contributed by atoms with Crippen molar-refractivity contribution in [2.45, 2.75) is 19.4 Å². The molecule has 1 heterocycles. The number of nitrogens with two attached hydrogens (primary N) is 1. The molecule has 0 radical (unpaired) electrons. The fourth-order valence-corrected chi connectivity index (χ4v) is 1.94. The lowest BCUT2D eigenvalue weighted by Gasteiger charge is -2.24. The van der Waals surface area contributed by atoms with Crippen LogP contribution >= 0.6 is 0 Å². The van der Waals surface area contributed by atoms with E-state index in [4.69, 9.17) is 5.73 Å². The van der Waals surface area contributed by atoms with E-state index < -0.39 is 6.04 Å². The van der Waals surface area contributed by atoms with Crippen molar-refractivity contribution in [1.29, 1.82) is 0 Å². The minimum absolute atomic E-state index is 0.0331. The molecule has 0 aromatic carbocycles. The SMILES string of the molecule is CCN(CCCN(C)C)C(=O)C(N)c1cnn(C)c1. The zero-order valence-electron chi connectivity index (χ0n) is 12.3. The maximum absolute atomic E-state index is 12.3. The van der Waals surface area contributed by atoms with Crippen molar-refractivity contribution in [3.05, 3.63) is 18.0 Å². The van der Waals surface area contributed by atoms with Crippen molar-refractivity contribution in [2.24, 2.45) is 12.8 Å².